The summed E-state index contributed by atoms with van der Waals surface area (Å²) in [6, 6.07) is 3.72. The number of rotatable bonds is 18. The molecule has 5 nitrogen and oxygen atoms in total. The van der Waals surface area contributed by atoms with Crippen LogP contribution in [0.2, 0.25) is 0 Å². The molecule has 0 amide bonds. The fraction of sp³-hybridized carbons (Fsp3) is 0.667. The van der Waals surface area contributed by atoms with E-state index in [1.54, 1.807) is 0 Å². The summed E-state index contributed by atoms with van der Waals surface area (Å²) in [5, 5.41) is 19.3. The van der Waals surface area contributed by atoms with Crippen molar-refractivity contribution >= 4 is 12.6 Å². The largest absolute Gasteiger partial charge is 0.497 e. The minimum Gasteiger partial charge on any atom is -0.497 e. The van der Waals surface area contributed by atoms with E-state index in [9.17, 15) is 10.0 Å². The lowest BCUT2D eigenvalue weighted by atomic mass is 9.78. The zero-order valence-corrected chi connectivity index (χ0v) is 19.2. The average Bonchev–Trinajstić information content (AvgIpc) is 2.74. The number of methoxy groups -OCH3 is 2. The summed E-state index contributed by atoms with van der Waals surface area (Å²) >= 11 is 0. The molecule has 1 aromatic carbocycles. The van der Waals surface area contributed by atoms with E-state index in [4.69, 9.17) is 14.2 Å². The first kappa shape index (κ1) is 26.5. The fourth-order valence-electron chi connectivity index (χ4n) is 3.50. The summed E-state index contributed by atoms with van der Waals surface area (Å²) in [4.78, 5) is 0. The molecular formula is C24H41BO5. The minimum absolute atomic E-state index is 0.0425. The van der Waals surface area contributed by atoms with Crippen molar-refractivity contribution in [2.24, 2.45) is 0 Å². The highest BCUT2D eigenvalue weighted by molar-refractivity contribution is 6.61. The monoisotopic (exact) mass is 420 g/mol. The van der Waals surface area contributed by atoms with Crippen molar-refractivity contribution in [3.8, 4) is 11.5 Å². The summed E-state index contributed by atoms with van der Waals surface area (Å²) < 4.78 is 15.8. The van der Waals surface area contributed by atoms with Crippen LogP contribution >= 0.6 is 0 Å². The van der Waals surface area contributed by atoms with Crippen LogP contribution in [0.15, 0.2) is 24.3 Å². The molecule has 0 aliphatic heterocycles. The first-order valence-corrected chi connectivity index (χ1v) is 11.5. The third-order valence-electron chi connectivity index (χ3n) is 5.20. The highest BCUT2D eigenvalue weighted by atomic mass is 16.7. The van der Waals surface area contributed by atoms with E-state index in [1.807, 2.05) is 12.1 Å². The Balaban J connectivity index is 2.30. The van der Waals surface area contributed by atoms with E-state index >= 15 is 0 Å². The van der Waals surface area contributed by atoms with Gasteiger partial charge in [-0.1, -0.05) is 64.0 Å². The first-order valence-electron chi connectivity index (χ1n) is 11.5. The van der Waals surface area contributed by atoms with Gasteiger partial charge in [0.05, 0.1) is 12.6 Å². The number of unbranched alkanes of at least 4 members (excludes halogenated alkanes) is 9. The zero-order valence-electron chi connectivity index (χ0n) is 19.2. The van der Waals surface area contributed by atoms with Gasteiger partial charge in [-0.05, 0) is 49.8 Å². The van der Waals surface area contributed by atoms with Gasteiger partial charge < -0.3 is 24.3 Å². The molecule has 0 bridgehead atoms. The summed E-state index contributed by atoms with van der Waals surface area (Å²) in [5.41, 5.74) is 1.30. The van der Waals surface area contributed by atoms with Gasteiger partial charge in [0, 0.05) is 7.11 Å². The number of hydrogen-bond donors (Lipinski definition) is 2. The summed E-state index contributed by atoms with van der Waals surface area (Å²) in [6.45, 7) is 2.28. The predicted octanol–water partition coefficient (Wildman–Crippen LogP) is 4.77. The maximum atomic E-state index is 9.66. The van der Waals surface area contributed by atoms with E-state index in [0.717, 1.165) is 18.4 Å². The van der Waals surface area contributed by atoms with Crippen LogP contribution in [0.1, 0.15) is 83.1 Å². The van der Waals surface area contributed by atoms with Gasteiger partial charge in [-0.2, -0.15) is 0 Å². The van der Waals surface area contributed by atoms with E-state index < -0.39 is 7.12 Å². The number of benzene rings is 1. The molecule has 0 fully saturated rings. The van der Waals surface area contributed by atoms with Crippen molar-refractivity contribution in [1.82, 2.24) is 0 Å². The Morgan fingerprint density at radius 1 is 0.833 bits per heavy atom. The molecule has 0 saturated heterocycles. The van der Waals surface area contributed by atoms with Gasteiger partial charge in [0.1, 0.15) is 11.5 Å². The molecule has 0 aromatic heterocycles. The third-order valence-corrected chi connectivity index (χ3v) is 5.20. The standard InChI is InChI=1S/C24H41BO5/c1-4-5-6-7-8-9-10-11-12-13-14-15-16-17-21-18-22(29-3)24(25(26)27)23(19-21)30-20-28-2/h7-8,18-19,26-27H,4-6,9-17,20H2,1-3H3/b8-7+. The summed E-state index contributed by atoms with van der Waals surface area (Å²) in [7, 11) is 1.39. The van der Waals surface area contributed by atoms with E-state index in [-0.39, 0.29) is 12.3 Å². The molecule has 0 spiro atoms. The second-order valence-corrected chi connectivity index (χ2v) is 7.76. The van der Waals surface area contributed by atoms with Gasteiger partial charge >= 0.3 is 7.12 Å². The molecule has 0 aliphatic carbocycles. The van der Waals surface area contributed by atoms with Gasteiger partial charge in [0.15, 0.2) is 6.79 Å². The van der Waals surface area contributed by atoms with Crippen molar-refractivity contribution < 1.29 is 24.3 Å². The smallest absolute Gasteiger partial charge is 0.496 e. The Morgan fingerprint density at radius 3 is 2.03 bits per heavy atom. The lowest BCUT2D eigenvalue weighted by Crippen LogP contribution is -2.33. The summed E-state index contributed by atoms with van der Waals surface area (Å²) in [5.74, 6) is 0.822. The Kier molecular flexibility index (Phi) is 15.2. The van der Waals surface area contributed by atoms with Gasteiger partial charge in [-0.3, -0.25) is 0 Å². The minimum atomic E-state index is -1.66. The number of hydrogen-bond acceptors (Lipinski definition) is 5. The maximum Gasteiger partial charge on any atom is 0.496 e. The van der Waals surface area contributed by atoms with Gasteiger partial charge in [0.25, 0.3) is 0 Å². The molecule has 0 saturated carbocycles. The molecule has 1 rings (SSSR count). The average molecular weight is 420 g/mol. The molecular weight excluding hydrogens is 379 g/mol. The predicted molar refractivity (Wildman–Crippen MR) is 125 cm³/mol. The maximum absolute atomic E-state index is 9.66. The van der Waals surface area contributed by atoms with Crippen molar-refractivity contribution in [3.05, 3.63) is 29.8 Å². The van der Waals surface area contributed by atoms with Crippen LogP contribution in [0.4, 0.5) is 0 Å². The lowest BCUT2D eigenvalue weighted by Gasteiger charge is -2.16. The molecule has 0 radical (unpaired) electrons. The van der Waals surface area contributed by atoms with Crippen LogP contribution in [0.3, 0.4) is 0 Å². The summed E-state index contributed by atoms with van der Waals surface area (Å²) in [6.07, 6.45) is 19.4. The third kappa shape index (κ3) is 11.0. The van der Waals surface area contributed by atoms with Gasteiger partial charge in [0.2, 0.25) is 0 Å². The van der Waals surface area contributed by atoms with Crippen molar-refractivity contribution in [2.45, 2.75) is 84.0 Å². The molecule has 0 aliphatic rings. The number of ether oxygens (including phenoxy) is 3. The molecule has 0 atom stereocenters. The Bertz CT molecular complexity index is 589. The molecule has 6 heteroatoms. The normalized spacial score (nSPS) is 11.2. The van der Waals surface area contributed by atoms with Crippen LogP contribution in [0, 0.1) is 0 Å². The van der Waals surface area contributed by atoms with Crippen LogP contribution < -0.4 is 14.9 Å². The van der Waals surface area contributed by atoms with Crippen LogP contribution in [-0.4, -0.2) is 38.2 Å². The van der Waals surface area contributed by atoms with Crippen molar-refractivity contribution in [3.63, 3.8) is 0 Å². The second kappa shape index (κ2) is 17.2. The highest BCUT2D eigenvalue weighted by Gasteiger charge is 2.24. The van der Waals surface area contributed by atoms with Crippen molar-refractivity contribution in [2.75, 3.05) is 21.0 Å². The Hall–Kier alpha value is -1.50. The lowest BCUT2D eigenvalue weighted by molar-refractivity contribution is 0.0515. The van der Waals surface area contributed by atoms with Crippen molar-refractivity contribution in [1.29, 1.82) is 0 Å². The molecule has 2 N–H and O–H groups in total. The van der Waals surface area contributed by atoms with Crippen LogP contribution in [0.25, 0.3) is 0 Å². The zero-order chi connectivity index (χ0) is 22.0. The van der Waals surface area contributed by atoms with Crippen LogP contribution in [-0.2, 0) is 11.2 Å². The number of aryl methyl sites for hydroxylation is 1. The Morgan fingerprint density at radius 2 is 1.43 bits per heavy atom. The molecule has 0 unspecified atom stereocenters. The van der Waals surface area contributed by atoms with E-state index in [2.05, 4.69) is 19.1 Å². The second-order valence-electron chi connectivity index (χ2n) is 7.76. The molecule has 30 heavy (non-hydrogen) atoms. The quantitative estimate of drug-likeness (QED) is 0.155. The van der Waals surface area contributed by atoms with Gasteiger partial charge in [-0.25, -0.2) is 0 Å². The fourth-order valence-corrected chi connectivity index (χ4v) is 3.50. The van der Waals surface area contributed by atoms with E-state index in [1.165, 1.54) is 78.4 Å². The molecule has 0 heterocycles. The van der Waals surface area contributed by atoms with E-state index in [0.29, 0.717) is 11.5 Å². The first-order chi connectivity index (χ1) is 14.6. The van der Waals surface area contributed by atoms with Gasteiger partial charge in [-0.15, -0.1) is 0 Å². The SMILES string of the molecule is CCCC/C=C/CCCCCCCCCc1cc(OC)c(B(O)O)c(OCOC)c1. The highest BCUT2D eigenvalue weighted by Crippen LogP contribution is 2.23. The molecule has 1 aromatic rings. The Labute approximate surface area is 183 Å². The number of allylic oxidation sites excluding steroid dienone is 2. The topological polar surface area (TPSA) is 68.2 Å². The van der Waals surface area contributed by atoms with Crippen LogP contribution in [0.5, 0.6) is 11.5 Å². The molecule has 170 valence electrons.